The van der Waals surface area contributed by atoms with Gasteiger partial charge in [-0.3, -0.25) is 18.9 Å². The highest BCUT2D eigenvalue weighted by Crippen LogP contribution is 2.60. The predicted octanol–water partition coefficient (Wildman–Crippen LogP) is -1.60. The zero-order valence-corrected chi connectivity index (χ0v) is 21.3. The van der Waals surface area contributed by atoms with Gasteiger partial charge in [-0.05, 0) is 0 Å². The fourth-order valence-electron chi connectivity index (χ4n) is 3.75. The van der Waals surface area contributed by atoms with E-state index < -0.39 is 52.3 Å². The third kappa shape index (κ3) is 5.83. The van der Waals surface area contributed by atoms with Gasteiger partial charge in [-0.2, -0.15) is 4.31 Å². The van der Waals surface area contributed by atoms with E-state index in [1.165, 1.54) is 28.8 Å². The number of aliphatic hydroxyl groups excluding tert-OH is 1. The maximum atomic E-state index is 12.4. The van der Waals surface area contributed by atoms with Crippen LogP contribution in [0, 0.1) is 0 Å². The second kappa shape index (κ2) is 10.7. The third-order valence-electron chi connectivity index (χ3n) is 5.37. The van der Waals surface area contributed by atoms with Crippen molar-refractivity contribution >= 4 is 32.7 Å². The van der Waals surface area contributed by atoms with Crippen LogP contribution in [-0.4, -0.2) is 84.0 Å². The largest absolute Gasteiger partial charge is 0.480 e. The van der Waals surface area contributed by atoms with Crippen molar-refractivity contribution in [3.63, 3.8) is 0 Å². The first-order valence-corrected chi connectivity index (χ1v) is 13.7. The number of methoxy groups -OCH3 is 1. The van der Waals surface area contributed by atoms with E-state index in [0.29, 0.717) is 4.34 Å². The molecule has 20 heteroatoms. The quantitative estimate of drug-likeness (QED) is 0.0998. The van der Waals surface area contributed by atoms with Crippen LogP contribution >= 0.6 is 15.6 Å². The molecule has 204 valence electrons. The molecule has 0 radical (unpaired) electrons. The molecule has 37 heavy (non-hydrogen) atoms. The standard InChI is InChI=1S/C17H25N7O11P2/c1-22-9-24(14-11(22)15(26)21-17(18)20-14)16-13(32-6-5-31-2)12(25)10(34-16)7-33-37(29,30)35-36(27,28)23-4-3-19-8-23/h3-4,8-10,12-13,16,25H,5-7H2,1-2H3,(H4-,18,20,21,26,27,28,29,30)/p+1/t10-,12?,13+,16-/m1/s1. The number of aliphatic hydroxyl groups is 1. The summed E-state index contributed by atoms with van der Waals surface area (Å²) in [5.74, 6) is -0.155. The Bertz CT molecular complexity index is 1390. The minimum Gasteiger partial charge on any atom is -0.387 e. The van der Waals surface area contributed by atoms with Crippen LogP contribution in [0.25, 0.3) is 11.2 Å². The highest BCUT2D eigenvalue weighted by molar-refractivity contribution is 7.63. The van der Waals surface area contributed by atoms with Gasteiger partial charge in [-0.1, -0.05) is 4.98 Å². The smallest absolute Gasteiger partial charge is 0.387 e. The molecule has 0 aliphatic carbocycles. The monoisotopic (exact) mass is 566 g/mol. The number of rotatable bonds is 11. The highest BCUT2D eigenvalue weighted by Gasteiger charge is 2.50. The van der Waals surface area contributed by atoms with Crippen LogP contribution in [0.5, 0.6) is 0 Å². The van der Waals surface area contributed by atoms with E-state index in [2.05, 4.69) is 19.3 Å². The summed E-state index contributed by atoms with van der Waals surface area (Å²) < 4.78 is 54.0. The predicted molar refractivity (Wildman–Crippen MR) is 122 cm³/mol. The number of imidazole rings is 2. The van der Waals surface area contributed by atoms with Gasteiger partial charge in [-0.25, -0.2) is 23.0 Å². The summed E-state index contributed by atoms with van der Waals surface area (Å²) in [6.07, 6.45) is -0.221. The van der Waals surface area contributed by atoms with Gasteiger partial charge in [0.15, 0.2) is 6.33 Å². The van der Waals surface area contributed by atoms with Gasteiger partial charge in [0.2, 0.25) is 11.7 Å². The van der Waals surface area contributed by atoms with Gasteiger partial charge in [0.25, 0.3) is 11.5 Å². The third-order valence-corrected chi connectivity index (χ3v) is 8.34. The number of nitrogen functional groups attached to an aromatic ring is 1. The van der Waals surface area contributed by atoms with Crippen LogP contribution in [0.15, 0.2) is 29.8 Å². The molecular formula is C17H26N7O11P2+. The van der Waals surface area contributed by atoms with E-state index in [4.69, 9.17) is 24.5 Å². The number of ether oxygens (including phenoxy) is 3. The Morgan fingerprint density at radius 1 is 1.32 bits per heavy atom. The number of hydrogen-bond donors (Lipinski definition) is 5. The van der Waals surface area contributed by atoms with Crippen LogP contribution in [0.4, 0.5) is 5.95 Å². The number of anilines is 1. The highest BCUT2D eigenvalue weighted by atomic mass is 31.3. The fraction of sp³-hybridized carbons (Fsp3) is 0.529. The van der Waals surface area contributed by atoms with Gasteiger partial charge in [0.1, 0.15) is 24.6 Å². The summed E-state index contributed by atoms with van der Waals surface area (Å²) >= 11 is 0. The average Bonchev–Trinajstić information content (AvgIpc) is 3.52. The van der Waals surface area contributed by atoms with Gasteiger partial charge in [-0.15, -0.1) is 0 Å². The Kier molecular flexibility index (Phi) is 7.96. The minimum absolute atomic E-state index is 0.0490. The Morgan fingerprint density at radius 2 is 2.08 bits per heavy atom. The summed E-state index contributed by atoms with van der Waals surface area (Å²) in [4.78, 5) is 42.5. The van der Waals surface area contributed by atoms with Crippen LogP contribution < -0.4 is 15.9 Å². The van der Waals surface area contributed by atoms with E-state index in [1.54, 1.807) is 7.05 Å². The average molecular weight is 566 g/mol. The van der Waals surface area contributed by atoms with Gasteiger partial charge >= 0.3 is 21.2 Å². The second-order valence-corrected chi connectivity index (χ2v) is 11.2. The molecule has 1 aliphatic heterocycles. The van der Waals surface area contributed by atoms with Crippen molar-refractivity contribution in [2.75, 3.05) is 32.7 Å². The van der Waals surface area contributed by atoms with E-state index in [1.807, 2.05) is 0 Å². The van der Waals surface area contributed by atoms with Gasteiger partial charge < -0.3 is 34.8 Å². The van der Waals surface area contributed by atoms with E-state index >= 15 is 0 Å². The number of H-pyrrole nitrogens is 1. The molecule has 0 aromatic carbocycles. The number of phosphoric ester groups is 1. The molecule has 6 N–H and O–H groups in total. The number of aryl methyl sites for hydroxylation is 1. The molecule has 3 aromatic heterocycles. The molecule has 1 fully saturated rings. The molecule has 3 unspecified atom stereocenters. The second-order valence-electron chi connectivity index (χ2n) is 7.92. The number of phosphoric acid groups is 1. The van der Waals surface area contributed by atoms with Gasteiger partial charge in [0, 0.05) is 19.5 Å². The molecule has 0 bridgehead atoms. The first kappa shape index (κ1) is 27.5. The number of nitrogens with zero attached hydrogens (tertiary/aromatic N) is 5. The Hall–Kier alpha value is -2.50. The van der Waals surface area contributed by atoms with Crippen molar-refractivity contribution in [2.45, 2.75) is 24.5 Å². The summed E-state index contributed by atoms with van der Waals surface area (Å²) in [7, 11) is -6.88. The summed E-state index contributed by atoms with van der Waals surface area (Å²) in [5.41, 5.74) is 5.48. The Balaban J connectivity index is 1.56. The van der Waals surface area contributed by atoms with E-state index in [-0.39, 0.29) is 30.3 Å². The lowest BCUT2D eigenvalue weighted by Crippen LogP contribution is -2.47. The molecule has 3 aromatic rings. The Labute approximate surface area is 208 Å². The topological polar surface area (TPSA) is 239 Å². The first-order chi connectivity index (χ1) is 17.4. The lowest BCUT2D eigenvalue weighted by molar-refractivity contribution is -0.746. The maximum absolute atomic E-state index is 12.4. The van der Waals surface area contributed by atoms with E-state index in [9.17, 15) is 28.8 Å². The van der Waals surface area contributed by atoms with Crippen molar-refractivity contribution in [1.82, 2.24) is 23.9 Å². The minimum atomic E-state index is -5.12. The fourth-order valence-corrected chi connectivity index (χ4v) is 6.11. The number of fused-ring (bicyclic) bond motifs is 1. The number of hydrogen-bond acceptors (Lipinski definition) is 12. The van der Waals surface area contributed by atoms with Crippen molar-refractivity contribution in [3.05, 3.63) is 35.4 Å². The van der Waals surface area contributed by atoms with Crippen LogP contribution in [0.3, 0.4) is 0 Å². The summed E-state index contributed by atoms with van der Waals surface area (Å²) in [6.45, 7) is -0.504. The molecule has 4 heterocycles. The zero-order valence-electron chi connectivity index (χ0n) is 19.6. The number of aromatic nitrogens is 6. The van der Waals surface area contributed by atoms with Crippen LogP contribution in [0.2, 0.25) is 0 Å². The molecule has 0 saturated carbocycles. The van der Waals surface area contributed by atoms with Crippen molar-refractivity contribution in [2.24, 2.45) is 7.05 Å². The first-order valence-electron chi connectivity index (χ1n) is 10.6. The normalized spacial score (nSPS) is 25.3. The molecule has 0 amide bonds. The zero-order chi connectivity index (χ0) is 27.0. The van der Waals surface area contributed by atoms with Crippen molar-refractivity contribution < 1.29 is 51.6 Å². The van der Waals surface area contributed by atoms with Gasteiger partial charge in [0.05, 0.1) is 26.9 Å². The van der Waals surface area contributed by atoms with Crippen LogP contribution in [-0.2, 0) is 39.2 Å². The number of nitrogens with two attached hydrogens (primary N) is 1. The molecule has 1 saturated heterocycles. The van der Waals surface area contributed by atoms with E-state index in [0.717, 1.165) is 12.5 Å². The van der Waals surface area contributed by atoms with Crippen molar-refractivity contribution in [3.8, 4) is 0 Å². The van der Waals surface area contributed by atoms with Crippen molar-refractivity contribution in [1.29, 1.82) is 0 Å². The molecule has 18 nitrogen and oxygen atoms in total. The number of aromatic amines is 1. The summed E-state index contributed by atoms with van der Waals surface area (Å²) in [5, 5.41) is 10.9. The summed E-state index contributed by atoms with van der Waals surface area (Å²) in [6, 6.07) is 0. The molecule has 1 aliphatic rings. The molecule has 4 rings (SSSR count). The molecule has 0 spiro atoms. The lowest BCUT2D eigenvalue weighted by atomic mass is 10.1. The maximum Gasteiger partial charge on any atom is 0.480 e. The number of nitrogens with one attached hydrogen (secondary N) is 1. The molecular weight excluding hydrogens is 540 g/mol. The molecule has 6 atom stereocenters. The lowest BCUT2D eigenvalue weighted by Gasteiger charge is -2.20. The van der Waals surface area contributed by atoms with Crippen LogP contribution in [0.1, 0.15) is 6.23 Å². The Morgan fingerprint density at radius 3 is 2.76 bits per heavy atom. The SMILES string of the molecule is COCCO[C@H]1C(O)[C@@H](COP(=O)(O)OP(=O)(O)n2ccnc2)O[C@H]1[n+]1cn(C)c2c(=O)[nH]c(N)nc21.